The number of benzene rings is 1. The first-order chi connectivity index (χ1) is 10.9. The number of sulfonamides is 1. The van der Waals surface area contributed by atoms with Gasteiger partial charge in [0.05, 0.1) is 21.8 Å². The van der Waals surface area contributed by atoms with Gasteiger partial charge in [0.1, 0.15) is 4.90 Å². The molecular weight excluding hydrogens is 359 g/mol. The Hall–Kier alpha value is -1.83. The summed E-state index contributed by atoms with van der Waals surface area (Å²) in [6, 6.07) is 6.14. The van der Waals surface area contributed by atoms with Gasteiger partial charge >= 0.3 is 0 Å². The summed E-state index contributed by atoms with van der Waals surface area (Å²) in [5.74, 6) is 0.125. The van der Waals surface area contributed by atoms with Gasteiger partial charge in [0.15, 0.2) is 0 Å². The maximum absolute atomic E-state index is 12.3. The quantitative estimate of drug-likeness (QED) is 0.849. The highest BCUT2D eigenvalue weighted by atomic mass is 35.5. The molecule has 2 aromatic rings. The van der Waals surface area contributed by atoms with Crippen molar-refractivity contribution in [2.24, 2.45) is 4.99 Å². The van der Waals surface area contributed by atoms with Crippen LogP contribution in [0.25, 0.3) is 0 Å². The highest BCUT2D eigenvalue weighted by Crippen LogP contribution is 2.33. The molecule has 1 aliphatic heterocycles. The Morgan fingerprint density at radius 3 is 2.52 bits per heavy atom. The predicted molar refractivity (Wildman–Crippen MR) is 90.5 cm³/mol. The van der Waals surface area contributed by atoms with Gasteiger partial charge in [0.2, 0.25) is 5.96 Å². The van der Waals surface area contributed by atoms with Crippen LogP contribution in [-0.2, 0) is 10.0 Å². The molecule has 0 amide bonds. The van der Waals surface area contributed by atoms with Gasteiger partial charge < -0.3 is 5.32 Å². The minimum absolute atomic E-state index is 0.0300. The van der Waals surface area contributed by atoms with Gasteiger partial charge in [0, 0.05) is 12.4 Å². The number of hydrogen-bond acceptors (Lipinski definition) is 4. The molecule has 0 radical (unpaired) electrons. The average Bonchev–Trinajstić information content (AvgIpc) is 2.50. The first-order valence-corrected chi connectivity index (χ1v) is 8.87. The molecule has 1 aromatic heterocycles. The number of nitrogens with one attached hydrogen (secondary N) is 2. The molecule has 0 bridgehead atoms. The number of halogens is 2. The molecule has 23 heavy (non-hydrogen) atoms. The summed E-state index contributed by atoms with van der Waals surface area (Å²) in [5.41, 5.74) is 1.24. The molecule has 1 atom stereocenters. The zero-order valence-corrected chi connectivity index (χ0v) is 14.2. The Balaban J connectivity index is 1.98. The Bertz CT molecular complexity index is 885. The summed E-state index contributed by atoms with van der Waals surface area (Å²) >= 11 is 11.8. The third-order valence-corrected chi connectivity index (χ3v) is 5.41. The lowest BCUT2D eigenvalue weighted by Gasteiger charge is -2.23. The fourth-order valence-corrected chi connectivity index (χ4v) is 3.69. The molecule has 2 N–H and O–H groups in total. The Labute approximate surface area is 143 Å². The van der Waals surface area contributed by atoms with Gasteiger partial charge in [-0.3, -0.25) is 4.98 Å². The van der Waals surface area contributed by atoms with E-state index in [2.05, 4.69) is 20.0 Å². The third-order valence-electron chi connectivity index (χ3n) is 3.31. The van der Waals surface area contributed by atoms with E-state index in [0.29, 0.717) is 5.69 Å². The van der Waals surface area contributed by atoms with Crippen molar-refractivity contribution in [3.63, 3.8) is 0 Å². The maximum Gasteiger partial charge on any atom is 0.266 e. The second-order valence-corrected chi connectivity index (χ2v) is 7.39. The van der Waals surface area contributed by atoms with Crippen molar-refractivity contribution in [3.05, 3.63) is 52.3 Å². The number of hydrogen-bond donors (Lipinski definition) is 2. The topological polar surface area (TPSA) is 83.5 Å². The zero-order chi connectivity index (χ0) is 16.6. The number of pyridine rings is 1. The molecule has 120 valence electrons. The van der Waals surface area contributed by atoms with Crippen molar-refractivity contribution in [2.75, 3.05) is 5.32 Å². The Morgan fingerprint density at radius 1 is 1.17 bits per heavy atom. The summed E-state index contributed by atoms with van der Waals surface area (Å²) < 4.78 is 27.0. The minimum atomic E-state index is -3.76. The van der Waals surface area contributed by atoms with Gasteiger partial charge in [-0.1, -0.05) is 23.2 Å². The van der Waals surface area contributed by atoms with Crippen molar-refractivity contribution in [2.45, 2.75) is 17.9 Å². The highest BCUT2D eigenvalue weighted by Gasteiger charge is 2.28. The molecule has 9 heteroatoms. The lowest BCUT2D eigenvalue weighted by molar-refractivity contribution is 0.591. The summed E-state index contributed by atoms with van der Waals surface area (Å²) in [5, 5.41) is 3.35. The van der Waals surface area contributed by atoms with E-state index in [4.69, 9.17) is 23.2 Å². The molecule has 1 unspecified atom stereocenters. The van der Waals surface area contributed by atoms with Gasteiger partial charge in [0.25, 0.3) is 10.0 Å². The summed E-state index contributed by atoms with van der Waals surface area (Å²) in [7, 11) is -3.76. The van der Waals surface area contributed by atoms with E-state index in [1.807, 2.05) is 19.1 Å². The fourth-order valence-electron chi connectivity index (χ4n) is 2.15. The van der Waals surface area contributed by atoms with Crippen molar-refractivity contribution in [1.82, 2.24) is 9.71 Å². The number of guanidine groups is 1. The third kappa shape index (κ3) is 3.26. The molecule has 3 rings (SSSR count). The fraction of sp³-hybridized carbons (Fsp3) is 0.143. The highest BCUT2D eigenvalue weighted by molar-refractivity contribution is 7.90. The smallest absolute Gasteiger partial charge is 0.266 e. The molecule has 0 spiro atoms. The van der Waals surface area contributed by atoms with Crippen molar-refractivity contribution in [1.29, 1.82) is 0 Å². The number of anilines is 1. The summed E-state index contributed by atoms with van der Waals surface area (Å²) in [4.78, 5) is 8.34. The van der Waals surface area contributed by atoms with Crippen molar-refractivity contribution in [3.8, 4) is 0 Å². The number of nitrogens with zero attached hydrogens (tertiary/aromatic N) is 2. The molecule has 0 aliphatic carbocycles. The van der Waals surface area contributed by atoms with Crippen LogP contribution >= 0.6 is 23.2 Å². The molecule has 1 aromatic carbocycles. The van der Waals surface area contributed by atoms with Crippen LogP contribution in [0.5, 0.6) is 0 Å². The van der Waals surface area contributed by atoms with E-state index < -0.39 is 10.0 Å². The van der Waals surface area contributed by atoms with Gasteiger partial charge in [-0.2, -0.15) is 0 Å². The molecule has 2 heterocycles. The van der Waals surface area contributed by atoms with Crippen LogP contribution in [0.3, 0.4) is 0 Å². The number of aliphatic imine (C=N–C) groups is 1. The zero-order valence-electron chi connectivity index (χ0n) is 11.9. The summed E-state index contributed by atoms with van der Waals surface area (Å²) in [6.45, 7) is 1.85. The molecule has 1 aliphatic rings. The largest absolute Gasteiger partial charge is 0.324 e. The monoisotopic (exact) mass is 370 g/mol. The number of fused-ring (bicyclic) bond motifs is 1. The van der Waals surface area contributed by atoms with Crippen LogP contribution in [-0.4, -0.2) is 19.4 Å². The van der Waals surface area contributed by atoms with Crippen LogP contribution in [0.4, 0.5) is 5.69 Å². The van der Waals surface area contributed by atoms with Gasteiger partial charge in [-0.05, 0) is 36.8 Å². The molecule has 6 nitrogen and oxygen atoms in total. The average molecular weight is 371 g/mol. The van der Waals surface area contributed by atoms with E-state index in [9.17, 15) is 8.42 Å². The van der Waals surface area contributed by atoms with E-state index in [-0.39, 0.29) is 26.9 Å². The van der Waals surface area contributed by atoms with Gasteiger partial charge in [-0.25, -0.2) is 18.1 Å². The normalized spacial score (nSPS) is 18.7. The van der Waals surface area contributed by atoms with E-state index in [0.717, 1.165) is 5.56 Å². The van der Waals surface area contributed by atoms with Crippen LogP contribution in [0, 0.1) is 0 Å². The SMILES string of the molecule is CC(N=C1Nc2cc(Cl)c(Cl)cc2S(=O)(=O)N1)c1ccncc1. The second-order valence-electron chi connectivity index (χ2n) is 4.93. The number of aromatic nitrogens is 1. The lowest BCUT2D eigenvalue weighted by atomic mass is 10.1. The molecule has 0 saturated heterocycles. The van der Waals surface area contributed by atoms with Crippen LogP contribution < -0.4 is 10.0 Å². The number of rotatable bonds is 2. The minimum Gasteiger partial charge on any atom is -0.324 e. The van der Waals surface area contributed by atoms with Crippen molar-refractivity contribution >= 4 is 44.9 Å². The van der Waals surface area contributed by atoms with Crippen LogP contribution in [0.15, 0.2) is 46.5 Å². The van der Waals surface area contributed by atoms with Crippen LogP contribution in [0.2, 0.25) is 10.0 Å². The lowest BCUT2D eigenvalue weighted by Crippen LogP contribution is -2.41. The molecule has 0 saturated carbocycles. The second kappa shape index (κ2) is 5.99. The first kappa shape index (κ1) is 16.0. The molecule has 0 fully saturated rings. The molecular formula is C14H12Cl2N4O2S. The van der Waals surface area contributed by atoms with E-state index in [1.54, 1.807) is 12.4 Å². The van der Waals surface area contributed by atoms with E-state index in [1.165, 1.54) is 12.1 Å². The summed E-state index contributed by atoms with van der Waals surface area (Å²) in [6.07, 6.45) is 3.31. The maximum atomic E-state index is 12.3. The Kier molecular flexibility index (Phi) is 4.18. The standard InChI is InChI=1S/C14H12Cl2N4O2S/c1-8(9-2-4-17-5-3-9)18-14-19-12-6-10(15)11(16)7-13(12)23(21,22)20-14/h2-8H,1H3,(H2,18,19,20). The first-order valence-electron chi connectivity index (χ1n) is 6.63. The van der Waals surface area contributed by atoms with Gasteiger partial charge in [-0.15, -0.1) is 0 Å². The van der Waals surface area contributed by atoms with Crippen molar-refractivity contribution < 1.29 is 8.42 Å². The Morgan fingerprint density at radius 2 is 1.83 bits per heavy atom. The van der Waals surface area contributed by atoms with E-state index >= 15 is 0 Å². The van der Waals surface area contributed by atoms with Crippen LogP contribution in [0.1, 0.15) is 18.5 Å². The predicted octanol–water partition coefficient (Wildman–Crippen LogP) is 3.21.